The van der Waals surface area contributed by atoms with Crippen LogP contribution in [0.4, 0.5) is 0 Å². The summed E-state index contributed by atoms with van der Waals surface area (Å²) in [4.78, 5) is 7.06. The molecule has 6 rings (SSSR count). The number of hydrogen-bond donors (Lipinski definition) is 2. The summed E-state index contributed by atoms with van der Waals surface area (Å²) in [6, 6.07) is 8.91. The van der Waals surface area contributed by atoms with Gasteiger partial charge in [-0.2, -0.15) is 0 Å². The third kappa shape index (κ3) is 1.77. The van der Waals surface area contributed by atoms with Crippen molar-refractivity contribution < 1.29 is 0 Å². The van der Waals surface area contributed by atoms with Gasteiger partial charge in [-0.1, -0.05) is 0 Å². The lowest BCUT2D eigenvalue weighted by Crippen LogP contribution is -2.49. The van der Waals surface area contributed by atoms with Crippen molar-refractivity contribution in [2.75, 3.05) is 0 Å². The fourth-order valence-electron chi connectivity index (χ4n) is 6.41. The molecule has 2 aromatic heterocycles. The molecule has 0 amide bonds. The van der Waals surface area contributed by atoms with Gasteiger partial charge in [0.15, 0.2) is 0 Å². The zero-order valence-electron chi connectivity index (χ0n) is 12.5. The first-order valence-corrected chi connectivity index (χ1v) is 8.59. The first-order valence-electron chi connectivity index (χ1n) is 8.59. The van der Waals surface area contributed by atoms with Crippen LogP contribution in [-0.2, 0) is 0 Å². The van der Waals surface area contributed by atoms with Crippen LogP contribution >= 0.6 is 0 Å². The van der Waals surface area contributed by atoms with Crippen molar-refractivity contribution in [3.63, 3.8) is 0 Å². The van der Waals surface area contributed by atoms with Crippen LogP contribution in [-0.4, -0.2) is 9.97 Å². The Bertz CT molecular complexity index is 539. The Hall–Kier alpha value is -1.44. The Labute approximate surface area is 126 Å². The molecule has 2 heterocycles. The summed E-state index contributed by atoms with van der Waals surface area (Å²) in [6.07, 6.45) is 13.1. The monoisotopic (exact) mass is 280 g/mol. The topological polar surface area (TPSA) is 31.6 Å². The van der Waals surface area contributed by atoms with Crippen molar-refractivity contribution >= 4 is 0 Å². The van der Waals surface area contributed by atoms with E-state index in [1.165, 1.54) is 49.9 Å². The highest BCUT2D eigenvalue weighted by molar-refractivity contribution is 5.29. The fourth-order valence-corrected chi connectivity index (χ4v) is 6.41. The number of aromatic amines is 2. The van der Waals surface area contributed by atoms with Crippen molar-refractivity contribution in [3.8, 4) is 0 Å². The minimum Gasteiger partial charge on any atom is -0.364 e. The Balaban J connectivity index is 1.62. The van der Waals surface area contributed by atoms with E-state index in [1.54, 1.807) is 0 Å². The Morgan fingerprint density at radius 1 is 0.810 bits per heavy atom. The molecule has 4 aliphatic carbocycles. The second-order valence-corrected chi connectivity index (χ2v) is 7.96. The van der Waals surface area contributed by atoms with E-state index in [4.69, 9.17) is 0 Å². The summed E-state index contributed by atoms with van der Waals surface area (Å²) in [5, 5.41) is 0. The highest BCUT2D eigenvalue weighted by Crippen LogP contribution is 2.65. The molecule has 2 N–H and O–H groups in total. The quantitative estimate of drug-likeness (QED) is 0.817. The van der Waals surface area contributed by atoms with E-state index < -0.39 is 0 Å². The van der Waals surface area contributed by atoms with Gasteiger partial charge in [0, 0.05) is 29.7 Å². The average molecular weight is 280 g/mol. The van der Waals surface area contributed by atoms with Crippen LogP contribution in [0.3, 0.4) is 0 Å². The lowest BCUT2D eigenvalue weighted by molar-refractivity contribution is -0.0629. The van der Waals surface area contributed by atoms with Gasteiger partial charge in [0.2, 0.25) is 0 Å². The second-order valence-electron chi connectivity index (χ2n) is 7.96. The van der Waals surface area contributed by atoms with E-state index in [1.807, 2.05) is 0 Å². The molecule has 110 valence electrons. The van der Waals surface area contributed by atoms with Gasteiger partial charge in [-0.15, -0.1) is 0 Å². The lowest BCUT2D eigenvalue weighted by Gasteiger charge is -2.59. The van der Waals surface area contributed by atoms with Gasteiger partial charge in [-0.25, -0.2) is 0 Å². The molecule has 0 atom stereocenters. The van der Waals surface area contributed by atoms with Crippen LogP contribution in [0.25, 0.3) is 0 Å². The van der Waals surface area contributed by atoms with Crippen molar-refractivity contribution in [2.24, 2.45) is 23.2 Å². The molecule has 0 aliphatic heterocycles. The van der Waals surface area contributed by atoms with Crippen LogP contribution in [0, 0.1) is 23.2 Å². The molecule has 0 unspecified atom stereocenters. The third-order valence-electron chi connectivity index (χ3n) is 6.56. The van der Waals surface area contributed by atoms with Gasteiger partial charge in [0.1, 0.15) is 0 Å². The normalized spacial score (nSPS) is 37.5. The largest absolute Gasteiger partial charge is 0.364 e. The van der Waals surface area contributed by atoms with E-state index in [2.05, 4.69) is 46.6 Å². The Morgan fingerprint density at radius 2 is 1.29 bits per heavy atom. The molecular weight excluding hydrogens is 256 g/mol. The van der Waals surface area contributed by atoms with Gasteiger partial charge in [-0.3, -0.25) is 0 Å². The van der Waals surface area contributed by atoms with Gasteiger partial charge in [0.25, 0.3) is 0 Å². The number of hydrogen-bond acceptors (Lipinski definition) is 0. The third-order valence-corrected chi connectivity index (χ3v) is 6.56. The van der Waals surface area contributed by atoms with Crippen LogP contribution in [0.5, 0.6) is 0 Å². The molecular formula is C19H24N2. The smallest absolute Gasteiger partial charge is 0.0448 e. The summed E-state index contributed by atoms with van der Waals surface area (Å²) >= 11 is 0. The molecule has 4 aliphatic rings. The van der Waals surface area contributed by atoms with E-state index in [-0.39, 0.29) is 0 Å². The molecule has 4 fully saturated rings. The summed E-state index contributed by atoms with van der Waals surface area (Å²) in [5.74, 6) is 3.55. The molecule has 0 saturated heterocycles. The maximum absolute atomic E-state index is 3.53. The number of nitrogens with one attached hydrogen (secondary N) is 2. The summed E-state index contributed by atoms with van der Waals surface area (Å²) in [6.45, 7) is 0. The minimum atomic E-state index is 0.504. The van der Waals surface area contributed by atoms with Gasteiger partial charge in [0.05, 0.1) is 0 Å². The first-order chi connectivity index (χ1) is 10.3. The summed E-state index contributed by atoms with van der Waals surface area (Å²) < 4.78 is 0. The predicted molar refractivity (Wildman–Crippen MR) is 84.0 cm³/mol. The van der Waals surface area contributed by atoms with Gasteiger partial charge in [-0.05, 0) is 86.0 Å². The van der Waals surface area contributed by atoms with Crippen LogP contribution in [0.2, 0.25) is 0 Å². The van der Waals surface area contributed by atoms with Crippen molar-refractivity contribution in [2.45, 2.75) is 44.4 Å². The van der Waals surface area contributed by atoms with Gasteiger partial charge < -0.3 is 9.97 Å². The van der Waals surface area contributed by atoms with Crippen molar-refractivity contribution in [1.82, 2.24) is 9.97 Å². The molecule has 2 heteroatoms. The predicted octanol–water partition coefficient (Wildman–Crippen LogP) is 4.69. The van der Waals surface area contributed by atoms with Crippen molar-refractivity contribution in [1.29, 1.82) is 0 Å². The number of H-pyrrole nitrogens is 2. The highest BCUT2D eigenvalue weighted by atomic mass is 14.8. The number of aromatic nitrogens is 2. The summed E-state index contributed by atoms with van der Waals surface area (Å²) in [5.41, 5.74) is 3.34. The minimum absolute atomic E-state index is 0.504. The molecule has 0 radical (unpaired) electrons. The van der Waals surface area contributed by atoms with E-state index >= 15 is 0 Å². The Kier molecular flexibility index (Phi) is 2.47. The molecule has 4 bridgehead atoms. The SMILES string of the molecule is c1c[nH]c(C(c2ccc[nH]2)C23CC4CC(CC(C4)C2)C3)c1. The molecule has 2 aromatic rings. The standard InChI is InChI=1S/C19H24N2/c1-3-16(20-5-1)18(17-4-2-6-21-17)19-10-13-7-14(11-19)9-15(8-13)12-19/h1-6,13-15,18,20-21H,7-12H2. The molecule has 0 aromatic carbocycles. The fraction of sp³-hybridized carbons (Fsp3) is 0.579. The van der Waals surface area contributed by atoms with Crippen molar-refractivity contribution in [3.05, 3.63) is 48.0 Å². The van der Waals surface area contributed by atoms with Crippen LogP contribution in [0.1, 0.15) is 55.8 Å². The zero-order valence-corrected chi connectivity index (χ0v) is 12.5. The summed E-state index contributed by atoms with van der Waals surface area (Å²) in [7, 11) is 0. The highest BCUT2D eigenvalue weighted by Gasteiger charge is 2.55. The molecule has 21 heavy (non-hydrogen) atoms. The zero-order chi connectivity index (χ0) is 13.9. The van der Waals surface area contributed by atoms with Crippen LogP contribution < -0.4 is 0 Å². The second kappa shape index (κ2) is 4.28. The van der Waals surface area contributed by atoms with E-state index in [0.29, 0.717) is 11.3 Å². The maximum atomic E-state index is 3.53. The molecule has 0 spiro atoms. The van der Waals surface area contributed by atoms with Gasteiger partial charge >= 0.3 is 0 Å². The van der Waals surface area contributed by atoms with E-state index in [9.17, 15) is 0 Å². The maximum Gasteiger partial charge on any atom is 0.0448 e. The van der Waals surface area contributed by atoms with Crippen LogP contribution in [0.15, 0.2) is 36.7 Å². The van der Waals surface area contributed by atoms with E-state index in [0.717, 1.165) is 17.8 Å². The average Bonchev–Trinajstić information content (AvgIpc) is 3.10. The number of rotatable bonds is 3. The first kappa shape index (κ1) is 12.1. The molecule has 2 nitrogen and oxygen atoms in total. The lowest BCUT2D eigenvalue weighted by atomic mass is 9.46. The molecule has 4 saturated carbocycles. The Morgan fingerprint density at radius 3 is 1.67 bits per heavy atom.